The van der Waals surface area contributed by atoms with Gasteiger partial charge in [-0.3, -0.25) is 14.2 Å². The number of nitrogens with zero attached hydrogens (tertiary/aromatic N) is 5. The van der Waals surface area contributed by atoms with E-state index in [-0.39, 0.29) is 17.9 Å². The van der Waals surface area contributed by atoms with Crippen LogP contribution < -0.4 is 5.32 Å². The molecule has 2 N–H and O–H groups in total. The molecule has 3 atom stereocenters. The smallest absolute Gasteiger partial charge is 0.231 e. The number of carbonyl (C=O) groups excluding carboxylic acids is 1. The number of amides is 1. The quantitative estimate of drug-likeness (QED) is 0.175. The van der Waals surface area contributed by atoms with Crippen LogP contribution in [0.3, 0.4) is 0 Å². The van der Waals surface area contributed by atoms with E-state index in [4.69, 9.17) is 10.1 Å². The second-order valence-corrected chi connectivity index (χ2v) is 14.2. The molecule has 2 aliphatic carbocycles. The van der Waals surface area contributed by atoms with Gasteiger partial charge in [0.1, 0.15) is 11.7 Å². The van der Waals surface area contributed by atoms with Crippen molar-refractivity contribution in [1.29, 1.82) is 0 Å². The molecular weight excluding hydrogens is 572 g/mol. The number of aromatic nitrogens is 5. The normalized spacial score (nSPS) is 18.4. The van der Waals surface area contributed by atoms with Gasteiger partial charge in [-0.25, -0.2) is 4.98 Å². The Hall–Kier alpha value is -3.65. The first-order valence-corrected chi connectivity index (χ1v) is 17.6. The summed E-state index contributed by atoms with van der Waals surface area (Å²) in [6, 6.07) is 13.8. The number of hydrogen-bond donors (Lipinski definition) is 2. The van der Waals surface area contributed by atoms with Crippen LogP contribution in [0.1, 0.15) is 107 Å². The van der Waals surface area contributed by atoms with Crippen molar-refractivity contribution >= 4 is 11.6 Å². The first-order valence-electron chi connectivity index (χ1n) is 17.6. The highest BCUT2D eigenvalue weighted by atomic mass is 16.3. The molecule has 2 fully saturated rings. The average Bonchev–Trinajstić information content (AvgIpc) is 3.52. The van der Waals surface area contributed by atoms with Gasteiger partial charge in [0.05, 0.1) is 23.5 Å². The zero-order valence-corrected chi connectivity index (χ0v) is 27.5. The minimum absolute atomic E-state index is 0.114. The van der Waals surface area contributed by atoms with Crippen molar-refractivity contribution < 1.29 is 9.90 Å². The Bertz CT molecular complexity index is 1540. The minimum Gasteiger partial charge on any atom is -0.391 e. The van der Waals surface area contributed by atoms with Gasteiger partial charge in [-0.05, 0) is 61.5 Å². The van der Waals surface area contributed by atoms with Crippen LogP contribution in [0.5, 0.6) is 0 Å². The molecule has 2 aliphatic rings. The Morgan fingerprint density at radius 3 is 2.37 bits per heavy atom. The lowest BCUT2D eigenvalue weighted by Crippen LogP contribution is -2.49. The molecule has 0 aliphatic heterocycles. The van der Waals surface area contributed by atoms with E-state index in [0.717, 1.165) is 61.0 Å². The van der Waals surface area contributed by atoms with Crippen molar-refractivity contribution in [3.63, 3.8) is 0 Å². The molecule has 3 aromatic heterocycles. The maximum Gasteiger partial charge on any atom is 0.231 e. The zero-order valence-electron chi connectivity index (χ0n) is 27.5. The molecule has 8 nitrogen and oxygen atoms in total. The summed E-state index contributed by atoms with van der Waals surface area (Å²) in [6.07, 6.45) is 18.7. The standard InChI is InChI=1S/C38H50N6O2/c1-26(2)21-33-37-43-42-36(44(37)25-34(40-33)29-16-8-4-9-17-29)31(22-28-15-12-20-39-24-28)38(46)41-32(23-27-13-6-3-7-14-27)35(45)30-18-10-5-11-19-30/h4,8-9,12,15-17,20,24-27,30-32,35,45H,3,5-7,10-11,13-14,18-19,21-23H2,1-2H3,(H,41,46)/t31?,32-,35?/m0/s1. The number of fused-ring (bicyclic) bond motifs is 1. The van der Waals surface area contributed by atoms with Gasteiger partial charge in [-0.2, -0.15) is 0 Å². The summed E-state index contributed by atoms with van der Waals surface area (Å²) in [5.74, 6) is 0.984. The van der Waals surface area contributed by atoms with E-state index < -0.39 is 12.0 Å². The molecule has 0 radical (unpaired) electrons. The summed E-state index contributed by atoms with van der Waals surface area (Å²) in [6.45, 7) is 4.35. The second-order valence-electron chi connectivity index (χ2n) is 14.2. The number of rotatable bonds is 12. The Kier molecular flexibility index (Phi) is 10.7. The second kappa shape index (κ2) is 15.3. The number of aliphatic hydroxyl groups excluding tert-OH is 1. The Balaban J connectivity index is 1.38. The fourth-order valence-corrected chi connectivity index (χ4v) is 7.69. The summed E-state index contributed by atoms with van der Waals surface area (Å²) in [7, 11) is 0. The van der Waals surface area contributed by atoms with Crippen LogP contribution >= 0.6 is 0 Å². The highest BCUT2D eigenvalue weighted by molar-refractivity contribution is 5.83. The number of benzene rings is 1. The van der Waals surface area contributed by atoms with E-state index in [1.807, 2.05) is 47.1 Å². The van der Waals surface area contributed by atoms with E-state index in [9.17, 15) is 9.90 Å². The Labute approximate surface area is 273 Å². The van der Waals surface area contributed by atoms with Gasteiger partial charge in [0, 0.05) is 24.2 Å². The molecule has 2 unspecified atom stereocenters. The summed E-state index contributed by atoms with van der Waals surface area (Å²) in [5.41, 5.74) is 4.35. The molecule has 1 amide bonds. The third-order valence-electron chi connectivity index (χ3n) is 10.1. The summed E-state index contributed by atoms with van der Waals surface area (Å²) < 4.78 is 1.99. The molecule has 3 heterocycles. The van der Waals surface area contributed by atoms with Crippen LogP contribution in [0.2, 0.25) is 0 Å². The molecule has 6 rings (SSSR count). The molecule has 2 saturated carbocycles. The topological polar surface area (TPSA) is 105 Å². The highest BCUT2D eigenvalue weighted by Crippen LogP contribution is 2.34. The maximum absolute atomic E-state index is 14.6. The van der Waals surface area contributed by atoms with Crippen molar-refractivity contribution in [3.8, 4) is 11.3 Å². The molecule has 8 heteroatoms. The van der Waals surface area contributed by atoms with Gasteiger partial charge >= 0.3 is 0 Å². The lowest BCUT2D eigenvalue weighted by molar-refractivity contribution is -0.125. The lowest BCUT2D eigenvalue weighted by Gasteiger charge is -2.36. The van der Waals surface area contributed by atoms with Gasteiger partial charge in [0.25, 0.3) is 0 Å². The summed E-state index contributed by atoms with van der Waals surface area (Å²) in [5, 5.41) is 24.6. The number of pyridine rings is 1. The predicted octanol–water partition coefficient (Wildman–Crippen LogP) is 7.11. The van der Waals surface area contributed by atoms with E-state index in [0.29, 0.717) is 29.7 Å². The fraction of sp³-hybridized carbons (Fsp3) is 0.553. The molecule has 0 bridgehead atoms. The molecule has 0 spiro atoms. The van der Waals surface area contributed by atoms with Gasteiger partial charge in [0.15, 0.2) is 5.65 Å². The maximum atomic E-state index is 14.6. The van der Waals surface area contributed by atoms with Gasteiger partial charge in [-0.1, -0.05) is 102 Å². The SMILES string of the molecule is CC(C)Cc1nc(-c2ccccc2)cn2c(C(Cc3cccnc3)C(=O)N[C@@H](CC3CCCCC3)C(O)C3CCCCC3)nnc12. The first kappa shape index (κ1) is 32.3. The van der Waals surface area contributed by atoms with Crippen molar-refractivity contribution in [2.45, 2.75) is 115 Å². The van der Waals surface area contributed by atoms with E-state index in [2.05, 4.69) is 41.4 Å². The van der Waals surface area contributed by atoms with E-state index >= 15 is 0 Å². The molecule has 1 aromatic carbocycles. The third-order valence-corrected chi connectivity index (χ3v) is 10.1. The van der Waals surface area contributed by atoms with Gasteiger partial charge in [-0.15, -0.1) is 10.2 Å². The predicted molar refractivity (Wildman–Crippen MR) is 181 cm³/mol. The van der Waals surface area contributed by atoms with Crippen LogP contribution in [0.25, 0.3) is 16.9 Å². The monoisotopic (exact) mass is 622 g/mol. The Morgan fingerprint density at radius 2 is 1.67 bits per heavy atom. The third kappa shape index (κ3) is 7.83. The average molecular weight is 623 g/mol. The van der Waals surface area contributed by atoms with Crippen LogP contribution in [0.4, 0.5) is 0 Å². The number of aliphatic hydroxyl groups is 1. The zero-order chi connectivity index (χ0) is 31.9. The number of hydrogen-bond acceptors (Lipinski definition) is 6. The van der Waals surface area contributed by atoms with Crippen LogP contribution in [0, 0.1) is 17.8 Å². The number of nitrogens with one attached hydrogen (secondary N) is 1. The van der Waals surface area contributed by atoms with Crippen molar-refractivity contribution in [2.24, 2.45) is 17.8 Å². The van der Waals surface area contributed by atoms with Gasteiger partial charge in [0.2, 0.25) is 5.91 Å². The Morgan fingerprint density at radius 1 is 0.935 bits per heavy atom. The van der Waals surface area contributed by atoms with Crippen molar-refractivity contribution in [3.05, 3.63) is 78.1 Å². The molecule has 0 saturated heterocycles. The molecule has 46 heavy (non-hydrogen) atoms. The first-order chi connectivity index (χ1) is 22.5. The molecule has 4 aromatic rings. The fourth-order valence-electron chi connectivity index (χ4n) is 7.69. The molecule has 244 valence electrons. The van der Waals surface area contributed by atoms with Gasteiger partial charge < -0.3 is 10.4 Å². The largest absolute Gasteiger partial charge is 0.391 e. The molecular formula is C38H50N6O2. The summed E-state index contributed by atoms with van der Waals surface area (Å²) >= 11 is 0. The minimum atomic E-state index is -0.621. The van der Waals surface area contributed by atoms with Crippen molar-refractivity contribution in [2.75, 3.05) is 0 Å². The van der Waals surface area contributed by atoms with Crippen LogP contribution in [-0.4, -0.2) is 47.7 Å². The number of carbonyl (C=O) groups is 1. The lowest BCUT2D eigenvalue weighted by atomic mass is 9.78. The highest BCUT2D eigenvalue weighted by Gasteiger charge is 2.35. The van der Waals surface area contributed by atoms with E-state index in [1.165, 1.54) is 38.5 Å². The van der Waals surface area contributed by atoms with Crippen LogP contribution in [-0.2, 0) is 17.6 Å². The summed E-state index contributed by atoms with van der Waals surface area (Å²) in [4.78, 5) is 24.0. The van der Waals surface area contributed by atoms with Crippen LogP contribution in [0.15, 0.2) is 61.1 Å². The van der Waals surface area contributed by atoms with E-state index in [1.54, 1.807) is 6.20 Å². The van der Waals surface area contributed by atoms with Crippen molar-refractivity contribution in [1.82, 2.24) is 29.9 Å².